The zero-order valence-corrected chi connectivity index (χ0v) is 17.0. The zero-order valence-electron chi connectivity index (χ0n) is 17.0. The second-order valence-corrected chi connectivity index (χ2v) is 7.72. The van der Waals surface area contributed by atoms with Crippen LogP contribution in [-0.4, -0.2) is 84.8 Å². The minimum absolute atomic E-state index is 0.0434. The van der Waals surface area contributed by atoms with Crippen molar-refractivity contribution in [2.75, 3.05) is 52.4 Å². The molecule has 158 valence electrons. The highest BCUT2D eigenvalue weighted by Gasteiger charge is 2.24. The molecule has 2 heterocycles. The number of piperazine rings is 1. The SMILES string of the molecule is Cc1ccc(C(=O)N2CCN(CC(=O)NCCCN3CCCC3=O)CC2)cc1F. The summed E-state index contributed by atoms with van der Waals surface area (Å²) in [4.78, 5) is 41.8. The zero-order chi connectivity index (χ0) is 20.8. The van der Waals surface area contributed by atoms with Gasteiger partial charge in [-0.25, -0.2) is 4.39 Å². The van der Waals surface area contributed by atoms with Gasteiger partial charge in [-0.05, 0) is 37.5 Å². The van der Waals surface area contributed by atoms with E-state index in [1.807, 2.05) is 9.80 Å². The van der Waals surface area contributed by atoms with Crippen molar-refractivity contribution in [3.05, 3.63) is 35.1 Å². The molecule has 3 rings (SSSR count). The van der Waals surface area contributed by atoms with E-state index in [2.05, 4.69) is 5.32 Å². The molecule has 29 heavy (non-hydrogen) atoms. The fourth-order valence-corrected chi connectivity index (χ4v) is 3.71. The number of nitrogens with zero attached hydrogens (tertiary/aromatic N) is 3. The van der Waals surface area contributed by atoms with E-state index < -0.39 is 0 Å². The minimum atomic E-state index is -0.375. The Kier molecular flexibility index (Phi) is 7.19. The van der Waals surface area contributed by atoms with Gasteiger partial charge in [0.05, 0.1) is 6.54 Å². The molecule has 2 aliphatic rings. The van der Waals surface area contributed by atoms with Gasteiger partial charge in [-0.2, -0.15) is 0 Å². The number of amides is 3. The number of aryl methyl sites for hydroxylation is 1. The highest BCUT2D eigenvalue weighted by Crippen LogP contribution is 2.13. The summed E-state index contributed by atoms with van der Waals surface area (Å²) in [5.74, 6) is -0.389. The molecule has 2 fully saturated rings. The van der Waals surface area contributed by atoms with Gasteiger partial charge in [0.2, 0.25) is 11.8 Å². The Balaban J connectivity index is 1.34. The van der Waals surface area contributed by atoms with Crippen molar-refractivity contribution in [3.8, 4) is 0 Å². The first-order valence-electron chi connectivity index (χ1n) is 10.3. The first-order chi connectivity index (χ1) is 13.9. The Morgan fingerprint density at radius 2 is 1.90 bits per heavy atom. The van der Waals surface area contributed by atoms with Crippen LogP contribution in [0, 0.1) is 12.7 Å². The van der Waals surface area contributed by atoms with E-state index in [1.54, 1.807) is 24.0 Å². The summed E-state index contributed by atoms with van der Waals surface area (Å²) in [6, 6.07) is 4.55. The Hall–Kier alpha value is -2.48. The maximum absolute atomic E-state index is 13.7. The van der Waals surface area contributed by atoms with Crippen molar-refractivity contribution < 1.29 is 18.8 Å². The van der Waals surface area contributed by atoms with Gasteiger partial charge >= 0.3 is 0 Å². The quantitative estimate of drug-likeness (QED) is 0.689. The fourth-order valence-electron chi connectivity index (χ4n) is 3.71. The van der Waals surface area contributed by atoms with Crippen LogP contribution in [0.1, 0.15) is 35.2 Å². The van der Waals surface area contributed by atoms with Crippen LogP contribution in [-0.2, 0) is 9.59 Å². The van der Waals surface area contributed by atoms with Crippen molar-refractivity contribution in [2.24, 2.45) is 0 Å². The molecule has 0 aliphatic carbocycles. The van der Waals surface area contributed by atoms with Crippen molar-refractivity contribution >= 4 is 17.7 Å². The summed E-state index contributed by atoms with van der Waals surface area (Å²) in [5.41, 5.74) is 0.875. The maximum Gasteiger partial charge on any atom is 0.254 e. The van der Waals surface area contributed by atoms with Crippen LogP contribution in [0.2, 0.25) is 0 Å². The average Bonchev–Trinajstić information content (AvgIpc) is 3.12. The number of likely N-dealkylation sites (tertiary alicyclic amines) is 1. The van der Waals surface area contributed by atoms with Crippen molar-refractivity contribution in [3.63, 3.8) is 0 Å². The van der Waals surface area contributed by atoms with E-state index in [0.717, 1.165) is 19.4 Å². The number of benzene rings is 1. The second kappa shape index (κ2) is 9.82. The highest BCUT2D eigenvalue weighted by molar-refractivity contribution is 5.94. The molecule has 1 N–H and O–H groups in total. The molecule has 0 saturated carbocycles. The molecular weight excluding hydrogens is 375 g/mol. The Morgan fingerprint density at radius 3 is 2.55 bits per heavy atom. The predicted octanol–water partition coefficient (Wildman–Crippen LogP) is 1.02. The Labute approximate surface area is 170 Å². The van der Waals surface area contributed by atoms with E-state index in [9.17, 15) is 18.8 Å². The fraction of sp³-hybridized carbons (Fsp3) is 0.571. The lowest BCUT2D eigenvalue weighted by molar-refractivity contribution is -0.127. The summed E-state index contributed by atoms with van der Waals surface area (Å²) < 4.78 is 13.7. The van der Waals surface area contributed by atoms with Crippen LogP contribution >= 0.6 is 0 Å². The van der Waals surface area contributed by atoms with Gasteiger partial charge in [-0.3, -0.25) is 19.3 Å². The van der Waals surface area contributed by atoms with Gasteiger partial charge in [-0.1, -0.05) is 6.07 Å². The van der Waals surface area contributed by atoms with Gasteiger partial charge in [-0.15, -0.1) is 0 Å². The summed E-state index contributed by atoms with van der Waals surface area (Å²) in [6.07, 6.45) is 2.32. The van der Waals surface area contributed by atoms with Crippen LogP contribution in [0.3, 0.4) is 0 Å². The maximum atomic E-state index is 13.7. The Bertz CT molecular complexity index is 762. The monoisotopic (exact) mass is 404 g/mol. The molecule has 0 aromatic heterocycles. The van der Waals surface area contributed by atoms with Crippen LogP contribution in [0.5, 0.6) is 0 Å². The summed E-state index contributed by atoms with van der Waals surface area (Å²) in [5, 5.41) is 2.90. The van der Waals surface area contributed by atoms with E-state index in [0.29, 0.717) is 63.4 Å². The Morgan fingerprint density at radius 1 is 1.14 bits per heavy atom. The molecule has 0 spiro atoms. The second-order valence-electron chi connectivity index (χ2n) is 7.72. The minimum Gasteiger partial charge on any atom is -0.355 e. The normalized spacial score (nSPS) is 17.7. The van der Waals surface area contributed by atoms with Gasteiger partial charge in [0, 0.05) is 57.8 Å². The standard InChI is InChI=1S/C21H29FN4O3/c1-16-5-6-17(14-18(16)22)21(29)26-12-10-24(11-13-26)15-19(27)23-7-3-9-25-8-2-4-20(25)28/h5-6,14H,2-4,7-13,15H2,1H3,(H,23,27). The molecule has 0 radical (unpaired) electrons. The van der Waals surface area contributed by atoms with Gasteiger partial charge in [0.1, 0.15) is 5.82 Å². The van der Waals surface area contributed by atoms with Gasteiger partial charge < -0.3 is 15.1 Å². The highest BCUT2D eigenvalue weighted by atomic mass is 19.1. The number of hydrogen-bond acceptors (Lipinski definition) is 4. The molecule has 7 nitrogen and oxygen atoms in total. The molecule has 1 aromatic carbocycles. The molecule has 2 saturated heterocycles. The van der Waals surface area contributed by atoms with E-state index in [-0.39, 0.29) is 23.5 Å². The van der Waals surface area contributed by atoms with E-state index in [1.165, 1.54) is 6.07 Å². The molecular formula is C21H29FN4O3. The molecule has 8 heteroatoms. The van der Waals surface area contributed by atoms with Crippen LogP contribution in [0.4, 0.5) is 4.39 Å². The van der Waals surface area contributed by atoms with Gasteiger partial charge in [0.15, 0.2) is 0 Å². The number of nitrogens with one attached hydrogen (secondary N) is 1. The van der Waals surface area contributed by atoms with Crippen LogP contribution < -0.4 is 5.32 Å². The number of carbonyl (C=O) groups excluding carboxylic acids is 3. The molecule has 2 aliphatic heterocycles. The summed E-state index contributed by atoms with van der Waals surface area (Å²) >= 11 is 0. The van der Waals surface area contributed by atoms with E-state index >= 15 is 0 Å². The molecule has 0 unspecified atom stereocenters. The van der Waals surface area contributed by atoms with Crippen LogP contribution in [0.15, 0.2) is 18.2 Å². The van der Waals surface area contributed by atoms with E-state index in [4.69, 9.17) is 0 Å². The predicted molar refractivity (Wildman–Crippen MR) is 107 cm³/mol. The first kappa shape index (κ1) is 21.2. The molecule has 3 amide bonds. The van der Waals surface area contributed by atoms with Crippen LogP contribution in [0.25, 0.3) is 0 Å². The summed E-state index contributed by atoms with van der Waals surface area (Å²) in [6.45, 7) is 6.27. The van der Waals surface area contributed by atoms with Crippen molar-refractivity contribution in [1.29, 1.82) is 0 Å². The third-order valence-electron chi connectivity index (χ3n) is 5.54. The summed E-state index contributed by atoms with van der Waals surface area (Å²) in [7, 11) is 0. The molecule has 0 atom stereocenters. The third kappa shape index (κ3) is 5.76. The average molecular weight is 404 g/mol. The van der Waals surface area contributed by atoms with Crippen molar-refractivity contribution in [2.45, 2.75) is 26.2 Å². The lowest BCUT2D eigenvalue weighted by atomic mass is 10.1. The lowest BCUT2D eigenvalue weighted by Gasteiger charge is -2.34. The number of carbonyl (C=O) groups is 3. The topological polar surface area (TPSA) is 73.0 Å². The number of hydrogen-bond donors (Lipinski definition) is 1. The largest absolute Gasteiger partial charge is 0.355 e. The van der Waals surface area contributed by atoms with Gasteiger partial charge in [0.25, 0.3) is 5.91 Å². The lowest BCUT2D eigenvalue weighted by Crippen LogP contribution is -2.51. The third-order valence-corrected chi connectivity index (χ3v) is 5.54. The smallest absolute Gasteiger partial charge is 0.254 e. The first-order valence-corrected chi connectivity index (χ1v) is 10.3. The number of rotatable bonds is 7. The van der Waals surface area contributed by atoms with Crippen molar-refractivity contribution in [1.82, 2.24) is 20.0 Å². The molecule has 0 bridgehead atoms. The number of halogens is 1. The molecule has 1 aromatic rings.